The van der Waals surface area contributed by atoms with E-state index in [2.05, 4.69) is 39.9 Å². The third-order valence-electron chi connectivity index (χ3n) is 5.64. The molecule has 1 fully saturated rings. The van der Waals surface area contributed by atoms with Crippen LogP contribution in [0.25, 0.3) is 11.1 Å². The zero-order chi connectivity index (χ0) is 22.5. The van der Waals surface area contributed by atoms with Gasteiger partial charge in [0.25, 0.3) is 0 Å². The Hall–Kier alpha value is -3.43. The normalized spacial score (nSPS) is 19.1. The first kappa shape index (κ1) is 21.8. The lowest BCUT2D eigenvalue weighted by molar-refractivity contribution is -0.150. The minimum Gasteiger partial charge on any atom is -0.479 e. The Balaban J connectivity index is 1.23. The molecule has 32 heavy (non-hydrogen) atoms. The minimum atomic E-state index is -1.18. The predicted octanol–water partition coefficient (Wildman–Crippen LogP) is 2.06. The van der Waals surface area contributed by atoms with Crippen LogP contribution >= 0.6 is 0 Å². The van der Waals surface area contributed by atoms with E-state index in [0.717, 1.165) is 22.3 Å². The number of amides is 2. The summed E-state index contributed by atoms with van der Waals surface area (Å²) >= 11 is 0. The average molecular weight is 440 g/mol. The van der Waals surface area contributed by atoms with Crippen molar-refractivity contribution >= 4 is 18.0 Å². The van der Waals surface area contributed by atoms with Crippen molar-refractivity contribution in [1.29, 1.82) is 0 Å². The Kier molecular flexibility index (Phi) is 6.67. The van der Waals surface area contributed by atoms with Crippen LogP contribution in [0.3, 0.4) is 0 Å². The van der Waals surface area contributed by atoms with Crippen LogP contribution in [0.15, 0.2) is 48.5 Å². The molecule has 1 saturated heterocycles. The lowest BCUT2D eigenvalue weighted by Gasteiger charge is -2.15. The number of hydrogen-bond acceptors (Lipinski definition) is 6. The van der Waals surface area contributed by atoms with Gasteiger partial charge < -0.3 is 19.9 Å². The molecule has 9 heteroatoms. The van der Waals surface area contributed by atoms with Gasteiger partial charge in [-0.05, 0) is 28.7 Å². The van der Waals surface area contributed by atoms with Crippen molar-refractivity contribution in [3.63, 3.8) is 0 Å². The number of carboxylic acids is 1. The lowest BCUT2D eigenvalue weighted by Crippen LogP contribution is -2.34. The summed E-state index contributed by atoms with van der Waals surface area (Å²) in [5.41, 5.74) is 6.69. The number of fused-ring (bicyclic) bond motifs is 3. The summed E-state index contributed by atoms with van der Waals surface area (Å²) < 4.78 is 11.0. The fraction of sp³-hybridized carbons (Fsp3) is 0.348. The van der Waals surface area contributed by atoms with Crippen LogP contribution in [-0.2, 0) is 23.9 Å². The molecule has 2 amide bonds. The summed E-state index contributed by atoms with van der Waals surface area (Å²) in [6.45, 7) is -0.0286. The standard InChI is InChI=1S/C23H24N2O7/c26-21(27)13-32-25-22(28)14-9-15(30-11-14)10-24-23(29)31-12-20-18-7-3-1-5-16(18)17-6-2-4-8-19(17)20/h1-8,14-15,20H,9-13H2,(H,24,29)(H,25,28)(H,26,27). The molecule has 3 N–H and O–H groups in total. The highest BCUT2D eigenvalue weighted by Gasteiger charge is 2.32. The van der Waals surface area contributed by atoms with Gasteiger partial charge in [-0.3, -0.25) is 9.63 Å². The zero-order valence-corrected chi connectivity index (χ0v) is 17.3. The van der Waals surface area contributed by atoms with Gasteiger partial charge in [-0.1, -0.05) is 48.5 Å². The third kappa shape index (κ3) is 4.90. The summed E-state index contributed by atoms with van der Waals surface area (Å²) in [6, 6.07) is 16.2. The van der Waals surface area contributed by atoms with Gasteiger partial charge >= 0.3 is 12.1 Å². The number of carbonyl (C=O) groups excluding carboxylic acids is 2. The third-order valence-corrected chi connectivity index (χ3v) is 5.64. The average Bonchev–Trinajstić information content (AvgIpc) is 3.39. The molecule has 9 nitrogen and oxygen atoms in total. The molecule has 0 aromatic heterocycles. The number of hydrogen-bond donors (Lipinski definition) is 3. The number of carbonyl (C=O) groups is 3. The van der Waals surface area contributed by atoms with Gasteiger partial charge in [-0.15, -0.1) is 0 Å². The first-order valence-corrected chi connectivity index (χ1v) is 10.4. The van der Waals surface area contributed by atoms with E-state index in [0.29, 0.717) is 6.42 Å². The van der Waals surface area contributed by atoms with Crippen LogP contribution in [-0.4, -0.2) is 55.5 Å². The maximum Gasteiger partial charge on any atom is 0.407 e. The number of carboxylic acid groups (broad SMARTS) is 1. The molecule has 2 aromatic rings. The smallest absolute Gasteiger partial charge is 0.407 e. The summed E-state index contributed by atoms with van der Waals surface area (Å²) in [6.07, 6.45) is -0.509. The fourth-order valence-electron chi connectivity index (χ4n) is 4.13. The second-order valence-electron chi connectivity index (χ2n) is 7.74. The Morgan fingerprint density at radius 1 is 1.03 bits per heavy atom. The molecule has 0 bridgehead atoms. The predicted molar refractivity (Wildman–Crippen MR) is 113 cm³/mol. The van der Waals surface area contributed by atoms with Crippen LogP contribution in [0.4, 0.5) is 4.79 Å². The topological polar surface area (TPSA) is 123 Å². The summed E-state index contributed by atoms with van der Waals surface area (Å²) in [4.78, 5) is 39.2. The summed E-state index contributed by atoms with van der Waals surface area (Å²) in [5.74, 6) is -2.12. The highest BCUT2D eigenvalue weighted by atomic mass is 16.7. The second-order valence-corrected chi connectivity index (χ2v) is 7.74. The molecule has 0 spiro atoms. The van der Waals surface area contributed by atoms with E-state index in [4.69, 9.17) is 14.6 Å². The number of alkyl carbamates (subject to hydrolysis) is 1. The Labute approximate surface area is 184 Å². The number of hydroxylamine groups is 1. The van der Waals surface area contributed by atoms with Crippen molar-refractivity contribution in [3.8, 4) is 11.1 Å². The van der Waals surface area contributed by atoms with Gasteiger partial charge in [0, 0.05) is 12.5 Å². The molecule has 1 aliphatic carbocycles. The highest BCUT2D eigenvalue weighted by Crippen LogP contribution is 2.44. The second kappa shape index (κ2) is 9.80. The Morgan fingerprint density at radius 2 is 1.69 bits per heavy atom. The van der Waals surface area contributed by atoms with E-state index in [1.807, 2.05) is 24.3 Å². The van der Waals surface area contributed by atoms with E-state index in [-0.39, 0.29) is 31.8 Å². The molecule has 0 radical (unpaired) electrons. The number of nitrogens with one attached hydrogen (secondary N) is 2. The maximum atomic E-state index is 12.3. The van der Waals surface area contributed by atoms with Crippen LogP contribution in [0.1, 0.15) is 23.5 Å². The van der Waals surface area contributed by atoms with Gasteiger partial charge in [-0.25, -0.2) is 15.1 Å². The zero-order valence-electron chi connectivity index (χ0n) is 17.3. The molecule has 0 saturated carbocycles. The van der Waals surface area contributed by atoms with E-state index < -0.39 is 30.5 Å². The van der Waals surface area contributed by atoms with Crippen molar-refractivity contribution in [3.05, 3.63) is 59.7 Å². The van der Waals surface area contributed by atoms with Gasteiger partial charge in [0.1, 0.15) is 6.61 Å². The maximum absolute atomic E-state index is 12.3. The van der Waals surface area contributed by atoms with Crippen molar-refractivity contribution < 1.29 is 33.8 Å². The molecule has 168 valence electrons. The van der Waals surface area contributed by atoms with E-state index in [1.165, 1.54) is 0 Å². The summed E-state index contributed by atoms with van der Waals surface area (Å²) in [7, 11) is 0. The molecule has 2 atom stereocenters. The lowest BCUT2D eigenvalue weighted by atomic mass is 9.98. The molecule has 2 aliphatic rings. The van der Waals surface area contributed by atoms with E-state index in [9.17, 15) is 14.4 Å². The van der Waals surface area contributed by atoms with E-state index >= 15 is 0 Å². The molecule has 1 heterocycles. The molecular formula is C23H24N2O7. The molecular weight excluding hydrogens is 416 g/mol. The van der Waals surface area contributed by atoms with Crippen molar-refractivity contribution in [1.82, 2.24) is 10.8 Å². The fourth-order valence-corrected chi connectivity index (χ4v) is 4.13. The van der Waals surface area contributed by atoms with Crippen molar-refractivity contribution in [2.24, 2.45) is 5.92 Å². The van der Waals surface area contributed by atoms with Crippen LogP contribution in [0.5, 0.6) is 0 Å². The van der Waals surface area contributed by atoms with Crippen molar-refractivity contribution in [2.45, 2.75) is 18.4 Å². The van der Waals surface area contributed by atoms with E-state index in [1.54, 1.807) is 0 Å². The highest BCUT2D eigenvalue weighted by molar-refractivity contribution is 5.79. The first-order valence-electron chi connectivity index (χ1n) is 10.4. The van der Waals surface area contributed by atoms with Gasteiger partial charge in [-0.2, -0.15) is 0 Å². The number of benzene rings is 2. The molecule has 2 aromatic carbocycles. The monoisotopic (exact) mass is 440 g/mol. The van der Waals surface area contributed by atoms with Gasteiger partial charge in [0.05, 0.1) is 18.6 Å². The molecule has 1 aliphatic heterocycles. The molecule has 2 unspecified atom stereocenters. The Bertz CT molecular complexity index is 964. The van der Waals surface area contributed by atoms with Crippen LogP contribution < -0.4 is 10.8 Å². The minimum absolute atomic E-state index is 0.0187. The SMILES string of the molecule is O=C(O)CONC(=O)C1COC(CNC(=O)OCC2c3ccccc3-c3ccccc32)C1. The van der Waals surface area contributed by atoms with Crippen LogP contribution in [0, 0.1) is 5.92 Å². The first-order chi connectivity index (χ1) is 15.5. The number of ether oxygens (including phenoxy) is 2. The Morgan fingerprint density at radius 3 is 2.34 bits per heavy atom. The summed E-state index contributed by atoms with van der Waals surface area (Å²) in [5, 5.41) is 11.2. The number of rotatable bonds is 8. The number of aliphatic carboxylic acids is 1. The van der Waals surface area contributed by atoms with Gasteiger partial charge in [0.2, 0.25) is 5.91 Å². The van der Waals surface area contributed by atoms with Crippen LogP contribution in [0.2, 0.25) is 0 Å². The quantitative estimate of drug-likeness (QED) is 0.537. The van der Waals surface area contributed by atoms with Crippen molar-refractivity contribution in [2.75, 3.05) is 26.4 Å². The van der Waals surface area contributed by atoms with Gasteiger partial charge in [0.15, 0.2) is 6.61 Å². The largest absolute Gasteiger partial charge is 0.479 e. The molecule has 4 rings (SSSR count).